The lowest BCUT2D eigenvalue weighted by Gasteiger charge is -2.12. The van der Waals surface area contributed by atoms with Crippen molar-refractivity contribution >= 4 is 17.3 Å². The van der Waals surface area contributed by atoms with Gasteiger partial charge in [0, 0.05) is 28.3 Å². The Morgan fingerprint density at radius 3 is 2.31 bits per heavy atom. The van der Waals surface area contributed by atoms with Crippen molar-refractivity contribution in [3.63, 3.8) is 0 Å². The van der Waals surface area contributed by atoms with Crippen LogP contribution in [0, 0.1) is 17.0 Å². The van der Waals surface area contributed by atoms with Crippen molar-refractivity contribution < 1.29 is 14.5 Å². The lowest BCUT2D eigenvalue weighted by atomic mass is 10.0. The van der Waals surface area contributed by atoms with Crippen LogP contribution in [0.3, 0.4) is 0 Å². The fraction of sp³-hybridized carbons (Fsp3) is 0.103. The number of hydrogen-bond acceptors (Lipinski definition) is 5. The van der Waals surface area contributed by atoms with Crippen LogP contribution in [0.25, 0.3) is 11.1 Å². The number of hydrogen-bond donors (Lipinski definition) is 1. The fourth-order valence-corrected chi connectivity index (χ4v) is 3.66. The topological polar surface area (TPSA) is 93.8 Å². The highest BCUT2D eigenvalue weighted by Crippen LogP contribution is 2.30. The van der Waals surface area contributed by atoms with E-state index in [0.717, 1.165) is 22.4 Å². The Hall–Kier alpha value is -4.78. The highest BCUT2D eigenvalue weighted by atomic mass is 16.6. The number of nitrogens with zero attached hydrogens (tertiary/aromatic N) is 2. The van der Waals surface area contributed by atoms with Crippen LogP contribution < -0.4 is 10.2 Å². The quantitative estimate of drug-likeness (QED) is 0.182. The van der Waals surface area contributed by atoms with E-state index in [1.54, 1.807) is 38.1 Å². The molecule has 0 atom stereocenters. The summed E-state index contributed by atoms with van der Waals surface area (Å²) in [7, 11) is 0. The van der Waals surface area contributed by atoms with Crippen LogP contribution in [0.15, 0.2) is 102 Å². The third kappa shape index (κ3) is 5.82. The van der Waals surface area contributed by atoms with Crippen molar-refractivity contribution in [1.29, 1.82) is 0 Å². The van der Waals surface area contributed by atoms with Gasteiger partial charge in [-0.2, -0.15) is 5.10 Å². The van der Waals surface area contributed by atoms with Crippen molar-refractivity contribution in [3.8, 4) is 16.9 Å². The molecule has 0 saturated carbocycles. The maximum absolute atomic E-state index is 12.5. The van der Waals surface area contributed by atoms with Gasteiger partial charge in [0.2, 0.25) is 0 Å². The van der Waals surface area contributed by atoms with Gasteiger partial charge < -0.3 is 4.74 Å². The first-order chi connectivity index (χ1) is 17.4. The second-order valence-corrected chi connectivity index (χ2v) is 8.24. The van der Waals surface area contributed by atoms with E-state index in [2.05, 4.69) is 10.5 Å². The average Bonchev–Trinajstić information content (AvgIpc) is 2.91. The van der Waals surface area contributed by atoms with Gasteiger partial charge in [-0.05, 0) is 43.2 Å². The van der Waals surface area contributed by atoms with E-state index in [9.17, 15) is 14.9 Å². The first-order valence-electron chi connectivity index (χ1n) is 11.4. The molecule has 0 aliphatic rings. The molecule has 0 fully saturated rings. The Bertz CT molecular complexity index is 1410. The summed E-state index contributed by atoms with van der Waals surface area (Å²) >= 11 is 0. The Morgan fingerprint density at radius 2 is 1.58 bits per heavy atom. The molecule has 0 saturated heterocycles. The molecule has 0 heterocycles. The predicted octanol–water partition coefficient (Wildman–Crippen LogP) is 6.30. The van der Waals surface area contributed by atoms with E-state index < -0.39 is 4.92 Å². The molecule has 0 spiro atoms. The van der Waals surface area contributed by atoms with Crippen LogP contribution in [0.4, 0.5) is 5.69 Å². The molecular formula is C29H25N3O4. The molecule has 1 N–H and O–H groups in total. The molecule has 1 amide bonds. The number of rotatable bonds is 8. The minimum atomic E-state index is -0.434. The molecule has 0 aliphatic heterocycles. The normalized spacial score (nSPS) is 11.1. The number of benzene rings is 4. The van der Waals surface area contributed by atoms with Crippen molar-refractivity contribution in [2.75, 3.05) is 0 Å². The van der Waals surface area contributed by atoms with Crippen molar-refractivity contribution in [3.05, 3.63) is 129 Å². The lowest BCUT2D eigenvalue weighted by molar-refractivity contribution is -0.385. The van der Waals surface area contributed by atoms with Crippen LogP contribution >= 0.6 is 0 Å². The number of aryl methyl sites for hydroxylation is 1. The highest BCUT2D eigenvalue weighted by molar-refractivity contribution is 6.01. The molecule has 4 aromatic carbocycles. The van der Waals surface area contributed by atoms with Crippen LogP contribution in [0.5, 0.6) is 5.75 Å². The Labute approximate surface area is 209 Å². The van der Waals surface area contributed by atoms with E-state index in [1.165, 1.54) is 6.07 Å². The van der Waals surface area contributed by atoms with Gasteiger partial charge in [0.25, 0.3) is 11.6 Å². The van der Waals surface area contributed by atoms with E-state index in [0.29, 0.717) is 29.0 Å². The first kappa shape index (κ1) is 24.3. The molecule has 0 radical (unpaired) electrons. The van der Waals surface area contributed by atoms with E-state index in [1.807, 2.05) is 66.7 Å². The van der Waals surface area contributed by atoms with Gasteiger partial charge in [-0.15, -0.1) is 0 Å². The Morgan fingerprint density at radius 1 is 0.917 bits per heavy atom. The molecular weight excluding hydrogens is 454 g/mol. The molecule has 180 valence electrons. The third-order valence-corrected chi connectivity index (χ3v) is 5.73. The summed E-state index contributed by atoms with van der Waals surface area (Å²) in [5, 5.41) is 15.3. The van der Waals surface area contributed by atoms with E-state index in [-0.39, 0.29) is 11.6 Å². The SMILES string of the molecule is CC(=NNC(=O)c1ccc(COc2ccccc2-c2ccccc2)cc1)c1ccc(C)c([N+](=O)[O-])c1. The van der Waals surface area contributed by atoms with E-state index in [4.69, 9.17) is 4.74 Å². The summed E-state index contributed by atoms with van der Waals surface area (Å²) in [6.07, 6.45) is 0. The van der Waals surface area contributed by atoms with Crippen molar-refractivity contribution in [2.24, 2.45) is 5.10 Å². The molecule has 0 unspecified atom stereocenters. The third-order valence-electron chi connectivity index (χ3n) is 5.73. The fourth-order valence-electron chi connectivity index (χ4n) is 3.66. The van der Waals surface area contributed by atoms with E-state index >= 15 is 0 Å². The van der Waals surface area contributed by atoms with Gasteiger partial charge in [0.15, 0.2) is 0 Å². The monoisotopic (exact) mass is 479 g/mol. The van der Waals surface area contributed by atoms with Crippen molar-refractivity contribution in [2.45, 2.75) is 20.5 Å². The van der Waals surface area contributed by atoms with Crippen LogP contribution in [-0.4, -0.2) is 16.5 Å². The Kier molecular flexibility index (Phi) is 7.51. The molecule has 4 rings (SSSR count). The molecule has 0 bridgehead atoms. The van der Waals surface area contributed by atoms with Gasteiger partial charge in [-0.3, -0.25) is 14.9 Å². The van der Waals surface area contributed by atoms with Gasteiger partial charge >= 0.3 is 0 Å². The smallest absolute Gasteiger partial charge is 0.272 e. The summed E-state index contributed by atoms with van der Waals surface area (Å²) in [5.41, 5.74) is 7.57. The summed E-state index contributed by atoms with van der Waals surface area (Å²) < 4.78 is 6.07. The van der Waals surface area contributed by atoms with Crippen LogP contribution in [-0.2, 0) is 6.61 Å². The number of nitro benzene ring substituents is 1. The lowest BCUT2D eigenvalue weighted by Crippen LogP contribution is -2.19. The number of para-hydroxylation sites is 1. The molecule has 0 aromatic heterocycles. The second-order valence-electron chi connectivity index (χ2n) is 8.24. The molecule has 7 heteroatoms. The maximum Gasteiger partial charge on any atom is 0.272 e. The first-order valence-corrected chi connectivity index (χ1v) is 11.4. The number of carbonyl (C=O) groups excluding carboxylic acids is 1. The second kappa shape index (κ2) is 11.1. The van der Waals surface area contributed by atoms with Crippen LogP contribution in [0.1, 0.15) is 34.0 Å². The van der Waals surface area contributed by atoms with Crippen LogP contribution in [0.2, 0.25) is 0 Å². The summed E-state index contributed by atoms with van der Waals surface area (Å²) in [6, 6.07) is 29.8. The van der Waals surface area contributed by atoms with Gasteiger partial charge in [0.1, 0.15) is 12.4 Å². The summed E-state index contributed by atoms with van der Waals surface area (Å²) in [4.78, 5) is 23.3. The number of amides is 1. The summed E-state index contributed by atoms with van der Waals surface area (Å²) in [5.74, 6) is 0.407. The maximum atomic E-state index is 12.5. The van der Waals surface area contributed by atoms with Gasteiger partial charge in [-0.25, -0.2) is 5.43 Å². The molecule has 0 aliphatic carbocycles. The Balaban J connectivity index is 1.39. The highest BCUT2D eigenvalue weighted by Gasteiger charge is 2.13. The summed E-state index contributed by atoms with van der Waals surface area (Å²) in [6.45, 7) is 3.71. The van der Waals surface area contributed by atoms with Crippen molar-refractivity contribution in [1.82, 2.24) is 5.43 Å². The molecule has 7 nitrogen and oxygen atoms in total. The number of carbonyl (C=O) groups is 1. The number of nitrogens with one attached hydrogen (secondary N) is 1. The zero-order valence-electron chi connectivity index (χ0n) is 20.0. The minimum absolute atomic E-state index is 0.0116. The zero-order chi connectivity index (χ0) is 25.5. The standard InChI is InChI=1S/C29H25N3O4/c1-20-12-15-25(18-27(20)32(34)35)21(2)30-31-29(33)24-16-13-22(14-17-24)19-36-28-11-7-6-10-26(28)23-8-4-3-5-9-23/h3-18H,19H2,1-2H3,(H,31,33). The molecule has 36 heavy (non-hydrogen) atoms. The zero-order valence-corrected chi connectivity index (χ0v) is 20.0. The minimum Gasteiger partial charge on any atom is -0.488 e. The average molecular weight is 480 g/mol. The number of ether oxygens (including phenoxy) is 1. The number of hydrazone groups is 1. The van der Waals surface area contributed by atoms with Gasteiger partial charge in [-0.1, -0.05) is 72.8 Å². The molecule has 4 aromatic rings. The predicted molar refractivity (Wildman–Crippen MR) is 140 cm³/mol. The van der Waals surface area contributed by atoms with Gasteiger partial charge in [0.05, 0.1) is 10.6 Å². The number of nitro groups is 1. The largest absolute Gasteiger partial charge is 0.488 e.